The summed E-state index contributed by atoms with van der Waals surface area (Å²) < 4.78 is 31.6. The van der Waals surface area contributed by atoms with E-state index in [1.54, 1.807) is 31.2 Å². The number of rotatable bonds is 8. The van der Waals surface area contributed by atoms with Gasteiger partial charge in [-0.2, -0.15) is 8.78 Å². The number of alkyl halides is 2. The van der Waals surface area contributed by atoms with Crippen LogP contribution >= 0.6 is 0 Å². The van der Waals surface area contributed by atoms with Crippen molar-refractivity contribution in [2.45, 2.75) is 38.2 Å². The number of halogens is 2. The van der Waals surface area contributed by atoms with Gasteiger partial charge >= 0.3 is 5.92 Å². The maximum Gasteiger partial charge on any atom is 0.324 e. The van der Waals surface area contributed by atoms with Gasteiger partial charge in [-0.1, -0.05) is 19.1 Å². The van der Waals surface area contributed by atoms with E-state index in [-0.39, 0.29) is 12.3 Å². The lowest BCUT2D eigenvalue weighted by Gasteiger charge is -2.15. The fourth-order valence-corrected chi connectivity index (χ4v) is 2.14. The second kappa shape index (κ2) is 7.37. The van der Waals surface area contributed by atoms with Gasteiger partial charge in [0.05, 0.1) is 6.04 Å². The third-order valence-electron chi connectivity index (χ3n) is 3.59. The Labute approximate surface area is 141 Å². The van der Waals surface area contributed by atoms with Crippen LogP contribution in [0.5, 0.6) is 0 Å². The van der Waals surface area contributed by atoms with E-state index in [2.05, 4.69) is 16.0 Å². The van der Waals surface area contributed by atoms with Gasteiger partial charge in [0.1, 0.15) is 5.52 Å². The van der Waals surface area contributed by atoms with Crippen molar-refractivity contribution in [3.8, 4) is 0 Å². The molecular weight excluding hydrogens is 336 g/mol. The smallest absolute Gasteiger partial charge is 0.324 e. The Morgan fingerprint density at radius 2 is 2.00 bits per heavy atom. The first kappa shape index (κ1) is 18.5. The van der Waals surface area contributed by atoms with Crippen molar-refractivity contribution >= 4 is 28.7 Å². The molecule has 0 aliphatic heterocycles. The molecule has 1 atom stereocenters. The second-order valence-electron chi connectivity index (χ2n) is 5.45. The zero-order valence-electron chi connectivity index (χ0n) is 13.4. The van der Waals surface area contributed by atoms with E-state index < -0.39 is 42.4 Å². The second-order valence-corrected chi connectivity index (χ2v) is 5.45. The number of nitrogens with two attached hydrogens (primary N) is 1. The molecule has 0 fully saturated rings. The third-order valence-corrected chi connectivity index (χ3v) is 3.59. The molecule has 1 heterocycles. The first-order valence-corrected chi connectivity index (χ1v) is 7.61. The van der Waals surface area contributed by atoms with Crippen molar-refractivity contribution in [3.05, 3.63) is 30.2 Å². The SMILES string of the molecule is CC[C@H](NC(=O)CCC(F)(F)C(N)=O)C(=O)c1nc2ccccc2o1. The van der Waals surface area contributed by atoms with E-state index in [1.807, 2.05) is 0 Å². The molecule has 0 aliphatic rings. The number of carbonyl (C=O) groups excluding carboxylic acids is 3. The van der Waals surface area contributed by atoms with Gasteiger partial charge in [-0.05, 0) is 18.6 Å². The highest BCUT2D eigenvalue weighted by atomic mass is 19.3. The highest BCUT2D eigenvalue weighted by Gasteiger charge is 2.37. The minimum atomic E-state index is -3.77. The lowest BCUT2D eigenvalue weighted by atomic mass is 10.1. The van der Waals surface area contributed by atoms with Gasteiger partial charge < -0.3 is 15.5 Å². The normalized spacial score (nSPS) is 12.8. The number of para-hydroxylation sites is 2. The average molecular weight is 353 g/mol. The molecular formula is C16H17F2N3O4. The van der Waals surface area contributed by atoms with Gasteiger partial charge in [-0.3, -0.25) is 14.4 Å². The summed E-state index contributed by atoms with van der Waals surface area (Å²) >= 11 is 0. The Hall–Kier alpha value is -2.84. The van der Waals surface area contributed by atoms with Gasteiger partial charge in [-0.15, -0.1) is 0 Å². The standard InChI is InChI=1S/C16H17F2N3O4/c1-2-9(20-12(22)7-8-16(17,18)15(19)24)13(23)14-21-10-5-3-4-6-11(10)25-14/h3-6,9H,2,7-8H2,1H3,(H2,19,24)(H,20,22)/t9-/m0/s1. The summed E-state index contributed by atoms with van der Waals surface area (Å²) in [7, 11) is 0. The number of fused-ring (bicyclic) bond motifs is 1. The quantitative estimate of drug-likeness (QED) is 0.702. The fourth-order valence-electron chi connectivity index (χ4n) is 2.14. The summed E-state index contributed by atoms with van der Waals surface area (Å²) in [5.41, 5.74) is 5.47. The van der Waals surface area contributed by atoms with Crippen molar-refractivity contribution in [2.24, 2.45) is 5.73 Å². The first-order chi connectivity index (χ1) is 11.7. The van der Waals surface area contributed by atoms with Gasteiger partial charge in [-0.25, -0.2) is 4.98 Å². The third kappa shape index (κ3) is 4.37. The van der Waals surface area contributed by atoms with Gasteiger partial charge in [0.2, 0.25) is 11.7 Å². The number of nitrogens with one attached hydrogen (secondary N) is 1. The summed E-state index contributed by atoms with van der Waals surface area (Å²) in [5.74, 6) is -7.10. The van der Waals surface area contributed by atoms with Gasteiger partial charge in [0, 0.05) is 12.8 Å². The van der Waals surface area contributed by atoms with Crippen LogP contribution in [-0.2, 0) is 9.59 Å². The van der Waals surface area contributed by atoms with E-state index in [1.165, 1.54) is 0 Å². The molecule has 1 aromatic heterocycles. The molecule has 7 nitrogen and oxygen atoms in total. The Bertz CT molecular complexity index is 771. The van der Waals surface area contributed by atoms with Crippen molar-refractivity contribution in [2.75, 3.05) is 0 Å². The van der Waals surface area contributed by atoms with E-state index in [0.717, 1.165) is 0 Å². The number of aromatic nitrogens is 1. The van der Waals surface area contributed by atoms with E-state index >= 15 is 0 Å². The zero-order valence-corrected chi connectivity index (χ0v) is 13.4. The molecule has 0 saturated heterocycles. The van der Waals surface area contributed by atoms with E-state index in [9.17, 15) is 23.2 Å². The summed E-state index contributed by atoms with van der Waals surface area (Å²) in [4.78, 5) is 38.8. The lowest BCUT2D eigenvalue weighted by Crippen LogP contribution is -2.42. The Morgan fingerprint density at radius 1 is 1.32 bits per heavy atom. The first-order valence-electron chi connectivity index (χ1n) is 7.61. The summed E-state index contributed by atoms with van der Waals surface area (Å²) in [6, 6.07) is 5.80. The van der Waals surface area contributed by atoms with E-state index in [4.69, 9.17) is 4.42 Å². The number of hydrogen-bond donors (Lipinski definition) is 2. The number of Topliss-reactive ketones (excluding diaryl/α,β-unsaturated/α-hetero) is 1. The van der Waals surface area contributed by atoms with Crippen LogP contribution in [0, 0.1) is 0 Å². The predicted molar refractivity (Wildman–Crippen MR) is 83.9 cm³/mol. The summed E-state index contributed by atoms with van der Waals surface area (Å²) in [5, 5.41) is 2.35. The number of amides is 2. The minimum absolute atomic E-state index is 0.171. The number of primary amides is 1. The minimum Gasteiger partial charge on any atom is -0.434 e. The van der Waals surface area contributed by atoms with E-state index in [0.29, 0.717) is 11.1 Å². The molecule has 9 heteroatoms. The Kier molecular flexibility index (Phi) is 5.45. The maximum absolute atomic E-state index is 13.1. The number of hydrogen-bond acceptors (Lipinski definition) is 5. The fraction of sp³-hybridized carbons (Fsp3) is 0.375. The largest absolute Gasteiger partial charge is 0.434 e. The monoisotopic (exact) mass is 353 g/mol. The Morgan fingerprint density at radius 3 is 2.60 bits per heavy atom. The molecule has 0 bridgehead atoms. The van der Waals surface area contributed by atoms with Crippen LogP contribution in [0.25, 0.3) is 11.1 Å². The van der Waals surface area contributed by atoms with Crippen LogP contribution in [0.4, 0.5) is 8.78 Å². The predicted octanol–water partition coefficient (Wildman–Crippen LogP) is 1.81. The molecule has 0 spiro atoms. The molecule has 0 saturated carbocycles. The number of nitrogens with zero attached hydrogens (tertiary/aromatic N) is 1. The molecule has 2 amide bonds. The van der Waals surface area contributed by atoms with Crippen LogP contribution < -0.4 is 11.1 Å². The average Bonchev–Trinajstić information content (AvgIpc) is 3.01. The molecule has 2 rings (SSSR count). The summed E-state index contributed by atoms with van der Waals surface area (Å²) in [6.45, 7) is 1.64. The van der Waals surface area contributed by atoms with Gasteiger partial charge in [0.15, 0.2) is 5.58 Å². The van der Waals surface area contributed by atoms with Crippen LogP contribution in [-0.4, -0.2) is 34.5 Å². The van der Waals surface area contributed by atoms with Crippen molar-refractivity contribution in [1.82, 2.24) is 10.3 Å². The maximum atomic E-state index is 13.1. The zero-order chi connectivity index (χ0) is 18.6. The molecule has 0 radical (unpaired) electrons. The van der Waals surface area contributed by atoms with Crippen molar-refractivity contribution in [3.63, 3.8) is 0 Å². The molecule has 2 aromatic rings. The highest BCUT2D eigenvalue weighted by Crippen LogP contribution is 2.20. The van der Waals surface area contributed by atoms with Crippen LogP contribution in [0.1, 0.15) is 36.9 Å². The van der Waals surface area contributed by atoms with Crippen LogP contribution in [0.15, 0.2) is 28.7 Å². The number of ketones is 1. The van der Waals surface area contributed by atoms with Gasteiger partial charge in [0.25, 0.3) is 11.8 Å². The molecule has 25 heavy (non-hydrogen) atoms. The lowest BCUT2D eigenvalue weighted by molar-refractivity contribution is -0.143. The molecule has 134 valence electrons. The topological polar surface area (TPSA) is 115 Å². The summed E-state index contributed by atoms with van der Waals surface area (Å²) in [6.07, 6.45) is -1.45. The van der Waals surface area contributed by atoms with Crippen molar-refractivity contribution in [1.29, 1.82) is 0 Å². The van der Waals surface area contributed by atoms with Crippen molar-refractivity contribution < 1.29 is 27.6 Å². The molecule has 0 unspecified atom stereocenters. The molecule has 1 aromatic carbocycles. The number of oxazole rings is 1. The number of benzene rings is 1. The van der Waals surface area contributed by atoms with Crippen LogP contribution in [0.3, 0.4) is 0 Å². The highest BCUT2D eigenvalue weighted by molar-refractivity contribution is 6.00. The number of carbonyl (C=O) groups is 3. The van der Waals surface area contributed by atoms with Crippen LogP contribution in [0.2, 0.25) is 0 Å². The molecule has 0 aliphatic carbocycles. The Balaban J connectivity index is 2.02. The molecule has 3 N–H and O–H groups in total.